The molecule has 2 amide bonds. The predicted octanol–water partition coefficient (Wildman–Crippen LogP) is 2.83. The molecule has 0 aromatic heterocycles. The van der Waals surface area contributed by atoms with E-state index in [-0.39, 0.29) is 30.0 Å². The molecule has 2 aromatic carbocycles. The zero-order chi connectivity index (χ0) is 22.2. The van der Waals surface area contributed by atoms with Crippen molar-refractivity contribution in [3.8, 4) is 0 Å². The normalized spacial score (nSPS) is 14.7. The highest BCUT2D eigenvalue weighted by atomic mass is 19.1. The maximum atomic E-state index is 13.7. The van der Waals surface area contributed by atoms with Crippen LogP contribution >= 0.6 is 0 Å². The minimum atomic E-state index is -0.381. The zero-order valence-corrected chi connectivity index (χ0v) is 17.5. The molecule has 8 heteroatoms. The summed E-state index contributed by atoms with van der Waals surface area (Å²) in [4.78, 5) is 28.2. The van der Waals surface area contributed by atoms with Crippen LogP contribution in [0.1, 0.15) is 34.8 Å². The Morgan fingerprint density at radius 2 is 1.74 bits per heavy atom. The number of piperazine rings is 1. The first-order chi connectivity index (χ1) is 14.9. The predicted molar refractivity (Wildman–Crippen MR) is 115 cm³/mol. The van der Waals surface area contributed by atoms with E-state index in [0.29, 0.717) is 37.3 Å². The number of amides is 2. The van der Waals surface area contributed by atoms with Crippen LogP contribution in [0, 0.1) is 11.6 Å². The van der Waals surface area contributed by atoms with Crippen molar-refractivity contribution in [2.24, 2.45) is 5.10 Å². The number of rotatable bonds is 7. The summed E-state index contributed by atoms with van der Waals surface area (Å²) >= 11 is 0. The van der Waals surface area contributed by atoms with E-state index in [9.17, 15) is 18.4 Å². The molecular weight excluding hydrogens is 402 g/mol. The van der Waals surface area contributed by atoms with E-state index in [1.165, 1.54) is 42.6 Å². The molecule has 1 heterocycles. The highest BCUT2D eigenvalue weighted by Gasteiger charge is 2.23. The zero-order valence-electron chi connectivity index (χ0n) is 17.5. The van der Waals surface area contributed by atoms with Crippen molar-refractivity contribution in [2.75, 3.05) is 32.7 Å². The Kier molecular flexibility index (Phi) is 7.83. The number of hydrogen-bond acceptors (Lipinski definition) is 4. The van der Waals surface area contributed by atoms with E-state index in [4.69, 9.17) is 0 Å². The van der Waals surface area contributed by atoms with E-state index in [1.807, 2.05) is 17.9 Å². The quantitative estimate of drug-likeness (QED) is 0.545. The van der Waals surface area contributed by atoms with Crippen LogP contribution in [0.4, 0.5) is 8.78 Å². The Balaban J connectivity index is 1.44. The van der Waals surface area contributed by atoms with Crippen molar-refractivity contribution in [3.63, 3.8) is 0 Å². The number of aryl methyl sites for hydroxylation is 1. The molecule has 1 fully saturated rings. The van der Waals surface area contributed by atoms with Gasteiger partial charge in [0.2, 0.25) is 0 Å². The fourth-order valence-corrected chi connectivity index (χ4v) is 3.48. The van der Waals surface area contributed by atoms with Gasteiger partial charge in [-0.2, -0.15) is 5.10 Å². The number of hydrazone groups is 1. The van der Waals surface area contributed by atoms with Gasteiger partial charge in [-0.3, -0.25) is 14.5 Å². The molecule has 1 aliphatic heterocycles. The summed E-state index contributed by atoms with van der Waals surface area (Å²) < 4.78 is 26.7. The number of carbonyl (C=O) groups excluding carboxylic acids is 2. The van der Waals surface area contributed by atoms with Crippen LogP contribution in [0.3, 0.4) is 0 Å². The minimum Gasteiger partial charge on any atom is -0.336 e. The molecule has 6 nitrogen and oxygen atoms in total. The number of nitrogens with one attached hydrogen (secondary N) is 1. The Morgan fingerprint density at radius 1 is 1.03 bits per heavy atom. The molecule has 1 saturated heterocycles. The monoisotopic (exact) mass is 428 g/mol. The third-order valence-electron chi connectivity index (χ3n) is 5.04. The molecular formula is C23H26F2N4O2. The SMILES string of the molecule is CCCc1cc(F)cc(/C=N/NC(=O)CN2CCN(C(=O)c3ccc(F)cc3)CC2)c1. The molecule has 0 saturated carbocycles. The van der Waals surface area contributed by atoms with Crippen LogP contribution in [0.15, 0.2) is 47.6 Å². The fourth-order valence-electron chi connectivity index (χ4n) is 3.48. The lowest BCUT2D eigenvalue weighted by molar-refractivity contribution is -0.122. The summed E-state index contributed by atoms with van der Waals surface area (Å²) in [6.07, 6.45) is 3.12. The minimum absolute atomic E-state index is 0.147. The summed E-state index contributed by atoms with van der Waals surface area (Å²) in [6.45, 7) is 4.24. The first-order valence-electron chi connectivity index (χ1n) is 10.3. The van der Waals surface area contributed by atoms with Crippen molar-refractivity contribution < 1.29 is 18.4 Å². The van der Waals surface area contributed by atoms with Gasteiger partial charge in [0.05, 0.1) is 12.8 Å². The molecule has 1 aliphatic rings. The average Bonchev–Trinajstić information content (AvgIpc) is 2.74. The van der Waals surface area contributed by atoms with Crippen molar-refractivity contribution in [2.45, 2.75) is 19.8 Å². The largest absolute Gasteiger partial charge is 0.336 e. The molecule has 164 valence electrons. The van der Waals surface area contributed by atoms with E-state index in [0.717, 1.165) is 18.4 Å². The Morgan fingerprint density at radius 3 is 2.42 bits per heavy atom. The molecule has 1 N–H and O–H groups in total. The second-order valence-electron chi connectivity index (χ2n) is 7.51. The molecule has 0 radical (unpaired) electrons. The maximum absolute atomic E-state index is 13.7. The van der Waals surface area contributed by atoms with Crippen LogP contribution in [0.25, 0.3) is 0 Å². The standard InChI is InChI=1S/C23H26F2N4O2/c1-2-3-17-12-18(14-21(25)13-17)15-26-27-22(30)16-28-8-10-29(11-9-28)23(31)19-4-6-20(24)7-5-19/h4-7,12-15H,2-3,8-11,16H2,1H3,(H,27,30)/b26-15+. The number of nitrogens with zero attached hydrogens (tertiary/aromatic N) is 3. The first kappa shape index (κ1) is 22.6. The lowest BCUT2D eigenvalue weighted by Crippen LogP contribution is -2.50. The Labute approximate surface area is 180 Å². The lowest BCUT2D eigenvalue weighted by atomic mass is 10.1. The molecule has 0 spiro atoms. The summed E-state index contributed by atoms with van der Waals surface area (Å²) in [5.41, 5.74) is 4.40. The third-order valence-corrected chi connectivity index (χ3v) is 5.04. The second-order valence-corrected chi connectivity index (χ2v) is 7.51. The molecule has 0 aliphatic carbocycles. The number of hydrogen-bond donors (Lipinski definition) is 1. The van der Waals surface area contributed by atoms with Crippen LogP contribution in [-0.2, 0) is 11.2 Å². The second kappa shape index (κ2) is 10.8. The van der Waals surface area contributed by atoms with Gasteiger partial charge >= 0.3 is 0 Å². The first-order valence-corrected chi connectivity index (χ1v) is 10.3. The van der Waals surface area contributed by atoms with E-state index < -0.39 is 0 Å². The van der Waals surface area contributed by atoms with Gasteiger partial charge in [-0.05, 0) is 60.0 Å². The third kappa shape index (κ3) is 6.68. The van der Waals surface area contributed by atoms with Gasteiger partial charge in [-0.25, -0.2) is 14.2 Å². The van der Waals surface area contributed by atoms with Gasteiger partial charge < -0.3 is 4.90 Å². The average molecular weight is 428 g/mol. The van der Waals surface area contributed by atoms with Crippen LogP contribution in [0.2, 0.25) is 0 Å². The fraction of sp³-hybridized carbons (Fsp3) is 0.348. The topological polar surface area (TPSA) is 65.0 Å². The van der Waals surface area contributed by atoms with E-state index >= 15 is 0 Å². The van der Waals surface area contributed by atoms with Gasteiger partial charge in [-0.15, -0.1) is 0 Å². The van der Waals surface area contributed by atoms with E-state index in [2.05, 4.69) is 10.5 Å². The van der Waals surface area contributed by atoms with Crippen molar-refractivity contribution >= 4 is 18.0 Å². The van der Waals surface area contributed by atoms with Gasteiger partial charge in [0.15, 0.2) is 0 Å². The van der Waals surface area contributed by atoms with Crippen LogP contribution < -0.4 is 5.43 Å². The van der Waals surface area contributed by atoms with Gasteiger partial charge in [0, 0.05) is 31.7 Å². The smallest absolute Gasteiger partial charge is 0.254 e. The number of halogens is 2. The molecule has 0 bridgehead atoms. The Hall–Kier alpha value is -3.13. The molecule has 3 rings (SSSR count). The Bertz CT molecular complexity index is 939. The summed E-state index contributed by atoms with van der Waals surface area (Å²) in [6, 6.07) is 10.2. The highest BCUT2D eigenvalue weighted by Crippen LogP contribution is 2.11. The summed E-state index contributed by atoms with van der Waals surface area (Å²) in [5, 5.41) is 3.93. The molecule has 31 heavy (non-hydrogen) atoms. The van der Waals surface area contributed by atoms with Crippen molar-refractivity contribution in [1.29, 1.82) is 0 Å². The van der Waals surface area contributed by atoms with Gasteiger partial charge in [-0.1, -0.05) is 13.3 Å². The summed E-state index contributed by atoms with van der Waals surface area (Å²) in [5.74, 6) is -1.13. The summed E-state index contributed by atoms with van der Waals surface area (Å²) in [7, 11) is 0. The maximum Gasteiger partial charge on any atom is 0.254 e. The van der Waals surface area contributed by atoms with Crippen molar-refractivity contribution in [3.05, 3.63) is 70.8 Å². The molecule has 0 unspecified atom stereocenters. The number of benzene rings is 2. The van der Waals surface area contributed by atoms with Gasteiger partial charge in [0.25, 0.3) is 11.8 Å². The molecule has 2 aromatic rings. The molecule has 0 atom stereocenters. The lowest BCUT2D eigenvalue weighted by Gasteiger charge is -2.34. The highest BCUT2D eigenvalue weighted by molar-refractivity contribution is 5.94. The van der Waals surface area contributed by atoms with Gasteiger partial charge in [0.1, 0.15) is 11.6 Å². The van der Waals surface area contributed by atoms with Crippen LogP contribution in [-0.4, -0.2) is 60.6 Å². The number of carbonyl (C=O) groups is 2. The van der Waals surface area contributed by atoms with E-state index in [1.54, 1.807) is 4.90 Å². The van der Waals surface area contributed by atoms with Crippen molar-refractivity contribution in [1.82, 2.24) is 15.2 Å². The van der Waals surface area contributed by atoms with Crippen LogP contribution in [0.5, 0.6) is 0 Å².